The van der Waals surface area contributed by atoms with Gasteiger partial charge in [0.15, 0.2) is 5.78 Å². The number of carbonyl (C=O) groups excluding carboxylic acids is 2. The summed E-state index contributed by atoms with van der Waals surface area (Å²) in [6.45, 7) is 2.26. The van der Waals surface area contributed by atoms with Crippen molar-refractivity contribution in [3.63, 3.8) is 0 Å². The second kappa shape index (κ2) is 5.13. The molecular weight excluding hydrogens is 214 g/mol. The molecule has 2 rings (SSSR count). The molecule has 90 valence electrons. The van der Waals surface area contributed by atoms with Crippen LogP contribution in [0.5, 0.6) is 0 Å². The SMILES string of the molecule is CC(=O)[C@H]1CCCCN1C(=O)c1ccccc1. The second-order valence-electron chi connectivity index (χ2n) is 4.49. The third-order valence-corrected chi connectivity index (χ3v) is 3.25. The Hall–Kier alpha value is -1.64. The summed E-state index contributed by atoms with van der Waals surface area (Å²) in [6.07, 6.45) is 2.82. The molecular formula is C14H17NO2. The molecule has 1 aliphatic rings. The highest BCUT2D eigenvalue weighted by Gasteiger charge is 2.30. The van der Waals surface area contributed by atoms with E-state index in [-0.39, 0.29) is 17.7 Å². The molecule has 1 aromatic carbocycles. The summed E-state index contributed by atoms with van der Waals surface area (Å²) >= 11 is 0. The van der Waals surface area contributed by atoms with Gasteiger partial charge in [0.25, 0.3) is 5.91 Å². The molecule has 1 saturated heterocycles. The first-order chi connectivity index (χ1) is 8.20. The van der Waals surface area contributed by atoms with Crippen molar-refractivity contribution in [1.82, 2.24) is 4.90 Å². The number of likely N-dealkylation sites (tertiary alicyclic amines) is 1. The summed E-state index contributed by atoms with van der Waals surface area (Å²) in [5.74, 6) is 0.0690. The topological polar surface area (TPSA) is 37.4 Å². The number of hydrogen-bond acceptors (Lipinski definition) is 2. The molecule has 1 aliphatic heterocycles. The van der Waals surface area contributed by atoms with Crippen LogP contribution in [-0.2, 0) is 4.79 Å². The average molecular weight is 231 g/mol. The van der Waals surface area contributed by atoms with Gasteiger partial charge in [0.05, 0.1) is 6.04 Å². The maximum absolute atomic E-state index is 12.3. The molecule has 0 bridgehead atoms. The molecule has 1 aromatic rings. The number of benzene rings is 1. The van der Waals surface area contributed by atoms with Crippen LogP contribution >= 0.6 is 0 Å². The quantitative estimate of drug-likeness (QED) is 0.783. The van der Waals surface area contributed by atoms with E-state index in [1.807, 2.05) is 18.2 Å². The lowest BCUT2D eigenvalue weighted by molar-refractivity contribution is -0.122. The minimum atomic E-state index is -0.226. The van der Waals surface area contributed by atoms with Gasteiger partial charge < -0.3 is 4.90 Å². The lowest BCUT2D eigenvalue weighted by Gasteiger charge is -2.34. The van der Waals surface area contributed by atoms with Gasteiger partial charge in [0.1, 0.15) is 0 Å². The lowest BCUT2D eigenvalue weighted by atomic mass is 9.98. The largest absolute Gasteiger partial charge is 0.329 e. The molecule has 0 saturated carbocycles. The van der Waals surface area contributed by atoms with Gasteiger partial charge >= 0.3 is 0 Å². The van der Waals surface area contributed by atoms with E-state index in [4.69, 9.17) is 0 Å². The smallest absolute Gasteiger partial charge is 0.254 e. The second-order valence-corrected chi connectivity index (χ2v) is 4.49. The molecule has 17 heavy (non-hydrogen) atoms. The first kappa shape index (κ1) is 11.8. The van der Waals surface area contributed by atoms with Crippen molar-refractivity contribution < 1.29 is 9.59 Å². The fourth-order valence-electron chi connectivity index (χ4n) is 2.34. The highest BCUT2D eigenvalue weighted by Crippen LogP contribution is 2.20. The van der Waals surface area contributed by atoms with Crippen LogP contribution in [0.25, 0.3) is 0 Å². The van der Waals surface area contributed by atoms with Crippen LogP contribution in [0, 0.1) is 0 Å². The van der Waals surface area contributed by atoms with Crippen molar-refractivity contribution in [1.29, 1.82) is 0 Å². The molecule has 0 aliphatic carbocycles. The number of ketones is 1. The van der Waals surface area contributed by atoms with Crippen LogP contribution in [0.2, 0.25) is 0 Å². The summed E-state index contributed by atoms with van der Waals surface area (Å²) in [6, 6.07) is 8.95. The van der Waals surface area contributed by atoms with Gasteiger partial charge in [-0.1, -0.05) is 18.2 Å². The van der Waals surface area contributed by atoms with Gasteiger partial charge in [-0.05, 0) is 38.3 Å². The molecule has 0 radical (unpaired) electrons. The maximum Gasteiger partial charge on any atom is 0.254 e. The average Bonchev–Trinajstić information content (AvgIpc) is 2.39. The van der Waals surface area contributed by atoms with Crippen molar-refractivity contribution >= 4 is 11.7 Å². The van der Waals surface area contributed by atoms with Gasteiger partial charge in [-0.3, -0.25) is 9.59 Å². The van der Waals surface area contributed by atoms with E-state index < -0.39 is 0 Å². The Balaban J connectivity index is 2.20. The third-order valence-electron chi connectivity index (χ3n) is 3.25. The molecule has 0 unspecified atom stereocenters. The van der Waals surface area contributed by atoms with Crippen LogP contribution < -0.4 is 0 Å². The summed E-state index contributed by atoms with van der Waals surface area (Å²) in [5.41, 5.74) is 0.667. The first-order valence-electron chi connectivity index (χ1n) is 6.06. The van der Waals surface area contributed by atoms with Gasteiger partial charge in [-0.2, -0.15) is 0 Å². The molecule has 0 spiro atoms. The predicted molar refractivity (Wildman–Crippen MR) is 65.8 cm³/mol. The molecule has 1 heterocycles. The molecule has 1 atom stereocenters. The fourth-order valence-corrected chi connectivity index (χ4v) is 2.34. The minimum absolute atomic E-state index is 0.0227. The van der Waals surface area contributed by atoms with E-state index in [1.165, 1.54) is 0 Å². The predicted octanol–water partition coefficient (Wildman–Crippen LogP) is 2.27. The number of rotatable bonds is 2. The van der Waals surface area contributed by atoms with Gasteiger partial charge in [0, 0.05) is 12.1 Å². The zero-order chi connectivity index (χ0) is 12.3. The molecule has 0 N–H and O–H groups in total. The molecule has 1 amide bonds. The number of amides is 1. The Morgan fingerprint density at radius 3 is 2.53 bits per heavy atom. The van der Waals surface area contributed by atoms with Crippen molar-refractivity contribution in [3.8, 4) is 0 Å². The van der Waals surface area contributed by atoms with Crippen molar-refractivity contribution in [2.24, 2.45) is 0 Å². The molecule has 3 heteroatoms. The van der Waals surface area contributed by atoms with E-state index in [9.17, 15) is 9.59 Å². The van der Waals surface area contributed by atoms with E-state index >= 15 is 0 Å². The summed E-state index contributed by atoms with van der Waals surface area (Å²) < 4.78 is 0. The van der Waals surface area contributed by atoms with Crippen molar-refractivity contribution in [2.45, 2.75) is 32.2 Å². The summed E-state index contributed by atoms with van der Waals surface area (Å²) in [4.78, 5) is 25.6. The Morgan fingerprint density at radius 2 is 1.88 bits per heavy atom. The molecule has 0 aromatic heterocycles. The zero-order valence-corrected chi connectivity index (χ0v) is 10.1. The number of Topliss-reactive ketones (excluding diaryl/α,β-unsaturated/α-hetero) is 1. The van der Waals surface area contributed by atoms with E-state index in [0.29, 0.717) is 12.1 Å². The summed E-state index contributed by atoms with van der Waals surface area (Å²) in [7, 11) is 0. The summed E-state index contributed by atoms with van der Waals surface area (Å²) in [5, 5.41) is 0. The Kier molecular flexibility index (Phi) is 3.57. The highest BCUT2D eigenvalue weighted by molar-refractivity contribution is 5.97. The molecule has 3 nitrogen and oxygen atoms in total. The fraction of sp³-hybridized carbons (Fsp3) is 0.429. The van der Waals surface area contributed by atoms with Crippen LogP contribution in [0.15, 0.2) is 30.3 Å². The molecule has 1 fully saturated rings. The number of carbonyl (C=O) groups is 2. The van der Waals surface area contributed by atoms with E-state index in [1.54, 1.807) is 24.0 Å². The van der Waals surface area contributed by atoms with E-state index in [0.717, 1.165) is 19.3 Å². The Morgan fingerprint density at radius 1 is 1.18 bits per heavy atom. The number of piperidine rings is 1. The monoisotopic (exact) mass is 231 g/mol. The standard InChI is InChI=1S/C14H17NO2/c1-11(16)13-9-5-6-10-15(13)14(17)12-7-3-2-4-8-12/h2-4,7-8,13H,5-6,9-10H2,1H3/t13-/m1/s1. The zero-order valence-electron chi connectivity index (χ0n) is 10.1. The minimum Gasteiger partial charge on any atom is -0.329 e. The first-order valence-corrected chi connectivity index (χ1v) is 6.06. The Labute approximate surface area is 101 Å². The van der Waals surface area contributed by atoms with Gasteiger partial charge in [0.2, 0.25) is 0 Å². The number of hydrogen-bond donors (Lipinski definition) is 0. The van der Waals surface area contributed by atoms with E-state index in [2.05, 4.69) is 0 Å². The van der Waals surface area contributed by atoms with Gasteiger partial charge in [-0.15, -0.1) is 0 Å². The van der Waals surface area contributed by atoms with Crippen LogP contribution in [0.3, 0.4) is 0 Å². The van der Waals surface area contributed by atoms with Crippen LogP contribution in [0.4, 0.5) is 0 Å². The van der Waals surface area contributed by atoms with Crippen LogP contribution in [0.1, 0.15) is 36.5 Å². The normalized spacial score (nSPS) is 20.1. The number of nitrogens with zero attached hydrogens (tertiary/aromatic N) is 1. The Bertz CT molecular complexity index is 413. The highest BCUT2D eigenvalue weighted by atomic mass is 16.2. The maximum atomic E-state index is 12.3. The lowest BCUT2D eigenvalue weighted by Crippen LogP contribution is -2.47. The van der Waals surface area contributed by atoms with Gasteiger partial charge in [-0.25, -0.2) is 0 Å². The van der Waals surface area contributed by atoms with Crippen LogP contribution in [-0.4, -0.2) is 29.2 Å². The van der Waals surface area contributed by atoms with Crippen molar-refractivity contribution in [3.05, 3.63) is 35.9 Å². The van der Waals surface area contributed by atoms with Crippen molar-refractivity contribution in [2.75, 3.05) is 6.54 Å². The third kappa shape index (κ3) is 2.54.